The van der Waals surface area contributed by atoms with E-state index in [-0.39, 0.29) is 17.6 Å². The molecule has 0 bridgehead atoms. The van der Waals surface area contributed by atoms with E-state index >= 15 is 0 Å². The second-order valence-corrected chi connectivity index (χ2v) is 7.82. The van der Waals surface area contributed by atoms with Crippen molar-refractivity contribution in [3.63, 3.8) is 0 Å². The second kappa shape index (κ2) is 7.53. The first kappa shape index (κ1) is 17.1. The molecule has 1 amide bonds. The molecule has 0 aliphatic heterocycles. The highest BCUT2D eigenvalue weighted by Gasteiger charge is 2.50. The lowest BCUT2D eigenvalue weighted by atomic mass is 9.56. The van der Waals surface area contributed by atoms with Crippen molar-refractivity contribution >= 4 is 6.09 Å². The molecule has 0 aromatic heterocycles. The van der Waals surface area contributed by atoms with Gasteiger partial charge in [-0.05, 0) is 55.6 Å². The Kier molecular flexibility index (Phi) is 4.96. The summed E-state index contributed by atoms with van der Waals surface area (Å²) >= 11 is 0. The minimum absolute atomic E-state index is 0.0926. The normalized spacial score (nSPS) is 27.5. The van der Waals surface area contributed by atoms with Gasteiger partial charge in [-0.25, -0.2) is 4.79 Å². The molecule has 1 spiro atoms. The van der Waals surface area contributed by atoms with Gasteiger partial charge in [-0.3, -0.25) is 0 Å². The molecule has 2 aromatic rings. The zero-order valence-electron chi connectivity index (χ0n) is 15.2. The molecule has 3 nitrogen and oxygen atoms in total. The molecular weight excluding hydrogens is 322 g/mol. The zero-order chi connectivity index (χ0) is 17.8. The van der Waals surface area contributed by atoms with Crippen LogP contribution in [0.3, 0.4) is 0 Å². The van der Waals surface area contributed by atoms with Crippen LogP contribution in [0.4, 0.5) is 4.79 Å². The first-order chi connectivity index (χ1) is 12.8. The van der Waals surface area contributed by atoms with Crippen molar-refractivity contribution in [1.29, 1.82) is 0 Å². The first-order valence-corrected chi connectivity index (χ1v) is 9.79. The molecular formula is C23H27NO2. The average Bonchev–Trinajstić information content (AvgIpc) is 2.71. The largest absolute Gasteiger partial charge is 0.446 e. The van der Waals surface area contributed by atoms with Crippen LogP contribution in [0.2, 0.25) is 0 Å². The van der Waals surface area contributed by atoms with Crippen LogP contribution < -0.4 is 5.32 Å². The molecule has 0 saturated heterocycles. The van der Waals surface area contributed by atoms with E-state index < -0.39 is 0 Å². The first-order valence-electron chi connectivity index (χ1n) is 9.79. The van der Waals surface area contributed by atoms with Crippen LogP contribution in [0, 0.1) is 5.41 Å². The molecule has 2 fully saturated rings. The molecule has 0 radical (unpaired) electrons. The number of benzene rings is 2. The van der Waals surface area contributed by atoms with Crippen LogP contribution in [0.5, 0.6) is 0 Å². The Bertz CT molecular complexity index is 720. The van der Waals surface area contributed by atoms with Gasteiger partial charge in [-0.1, -0.05) is 60.7 Å². The predicted molar refractivity (Wildman–Crippen MR) is 103 cm³/mol. The number of hydrogen-bond acceptors (Lipinski definition) is 2. The van der Waals surface area contributed by atoms with Crippen molar-refractivity contribution in [2.24, 2.45) is 5.41 Å². The molecule has 136 valence electrons. The Hall–Kier alpha value is -2.29. The Morgan fingerprint density at radius 3 is 2.15 bits per heavy atom. The standard InChI is InChI=1S/C23H27NO2/c25-22(24-17-18-7-3-1-4-8-18)26-21-13-16-23(21)14-11-20(12-15-23)19-9-5-2-6-10-19/h1-10,20-21H,11-17H2,(H,24,25)/t20?,21-,23?/m0/s1. The van der Waals surface area contributed by atoms with Gasteiger partial charge in [0.05, 0.1) is 0 Å². The highest BCUT2D eigenvalue weighted by Crippen LogP contribution is 2.55. The van der Waals surface area contributed by atoms with E-state index in [4.69, 9.17) is 4.74 Å². The number of amides is 1. The summed E-state index contributed by atoms with van der Waals surface area (Å²) in [6.07, 6.45) is 6.77. The van der Waals surface area contributed by atoms with E-state index in [2.05, 4.69) is 35.6 Å². The van der Waals surface area contributed by atoms with E-state index in [1.165, 1.54) is 37.7 Å². The maximum Gasteiger partial charge on any atom is 0.407 e. The summed E-state index contributed by atoms with van der Waals surface area (Å²) in [6.45, 7) is 0.523. The molecule has 0 heterocycles. The lowest BCUT2D eigenvalue weighted by Crippen LogP contribution is -2.50. The highest BCUT2D eigenvalue weighted by molar-refractivity contribution is 5.67. The second-order valence-electron chi connectivity index (χ2n) is 7.82. The summed E-state index contributed by atoms with van der Waals surface area (Å²) in [4.78, 5) is 12.2. The van der Waals surface area contributed by atoms with Crippen molar-refractivity contribution in [1.82, 2.24) is 5.32 Å². The van der Waals surface area contributed by atoms with Gasteiger partial charge in [0.1, 0.15) is 6.10 Å². The number of ether oxygens (including phenoxy) is 1. The van der Waals surface area contributed by atoms with Crippen LogP contribution in [0.1, 0.15) is 55.6 Å². The van der Waals surface area contributed by atoms with Crippen molar-refractivity contribution in [3.05, 3.63) is 71.8 Å². The third kappa shape index (κ3) is 3.62. The minimum Gasteiger partial charge on any atom is -0.446 e. The van der Waals surface area contributed by atoms with Gasteiger partial charge in [-0.15, -0.1) is 0 Å². The summed E-state index contributed by atoms with van der Waals surface area (Å²) in [7, 11) is 0. The Morgan fingerprint density at radius 1 is 0.923 bits per heavy atom. The maximum atomic E-state index is 12.2. The Labute approximate surface area is 155 Å². The van der Waals surface area contributed by atoms with Gasteiger partial charge in [0, 0.05) is 12.0 Å². The highest BCUT2D eigenvalue weighted by atomic mass is 16.6. The van der Waals surface area contributed by atoms with E-state index in [9.17, 15) is 4.79 Å². The van der Waals surface area contributed by atoms with Gasteiger partial charge >= 0.3 is 6.09 Å². The van der Waals surface area contributed by atoms with Gasteiger partial charge < -0.3 is 10.1 Å². The molecule has 1 atom stereocenters. The van der Waals surface area contributed by atoms with Gasteiger partial charge in [0.25, 0.3) is 0 Å². The topological polar surface area (TPSA) is 38.3 Å². The summed E-state index contributed by atoms with van der Waals surface area (Å²) < 4.78 is 5.79. The van der Waals surface area contributed by atoms with E-state index in [1.54, 1.807) is 0 Å². The number of rotatable bonds is 4. The summed E-state index contributed by atoms with van der Waals surface area (Å²) in [5.74, 6) is 0.662. The van der Waals surface area contributed by atoms with E-state index in [0.717, 1.165) is 12.0 Å². The molecule has 0 unspecified atom stereocenters. The van der Waals surface area contributed by atoms with Crippen LogP contribution >= 0.6 is 0 Å². The number of alkyl carbamates (subject to hydrolysis) is 1. The smallest absolute Gasteiger partial charge is 0.407 e. The van der Waals surface area contributed by atoms with Crippen LogP contribution in [-0.4, -0.2) is 12.2 Å². The molecule has 3 heteroatoms. The molecule has 2 aliphatic carbocycles. The van der Waals surface area contributed by atoms with Crippen molar-refractivity contribution in [2.75, 3.05) is 0 Å². The van der Waals surface area contributed by atoms with Crippen molar-refractivity contribution < 1.29 is 9.53 Å². The molecule has 2 saturated carbocycles. The van der Waals surface area contributed by atoms with E-state index in [1.807, 2.05) is 30.3 Å². The summed E-state index contributed by atoms with van der Waals surface area (Å²) in [5.41, 5.74) is 2.78. The number of carbonyl (C=O) groups is 1. The number of hydrogen-bond donors (Lipinski definition) is 1. The maximum absolute atomic E-state index is 12.2. The SMILES string of the molecule is O=C(NCc1ccccc1)O[C@H]1CCC12CCC(c1ccccc1)CC2. The summed E-state index contributed by atoms with van der Waals surface area (Å²) in [5, 5.41) is 2.89. The Morgan fingerprint density at radius 2 is 1.54 bits per heavy atom. The zero-order valence-corrected chi connectivity index (χ0v) is 15.2. The predicted octanol–water partition coefficient (Wildman–Crippen LogP) is 5.42. The minimum atomic E-state index is -0.275. The van der Waals surface area contributed by atoms with Crippen LogP contribution in [-0.2, 0) is 11.3 Å². The Balaban J connectivity index is 1.27. The van der Waals surface area contributed by atoms with Crippen molar-refractivity contribution in [3.8, 4) is 0 Å². The molecule has 2 aromatic carbocycles. The van der Waals surface area contributed by atoms with Crippen LogP contribution in [0.15, 0.2) is 60.7 Å². The molecule has 1 N–H and O–H groups in total. The summed E-state index contributed by atoms with van der Waals surface area (Å²) in [6, 6.07) is 20.8. The van der Waals surface area contributed by atoms with Gasteiger partial charge in [0.15, 0.2) is 0 Å². The quantitative estimate of drug-likeness (QED) is 0.800. The fourth-order valence-electron chi connectivity index (χ4n) is 4.62. The monoisotopic (exact) mass is 349 g/mol. The fraction of sp³-hybridized carbons (Fsp3) is 0.435. The van der Waals surface area contributed by atoms with Gasteiger partial charge in [-0.2, -0.15) is 0 Å². The lowest BCUT2D eigenvalue weighted by Gasteiger charge is -2.52. The number of nitrogens with one attached hydrogen (secondary N) is 1. The van der Waals surface area contributed by atoms with Gasteiger partial charge in [0.2, 0.25) is 0 Å². The number of carbonyl (C=O) groups excluding carboxylic acids is 1. The van der Waals surface area contributed by atoms with Crippen LogP contribution in [0.25, 0.3) is 0 Å². The fourth-order valence-corrected chi connectivity index (χ4v) is 4.62. The third-order valence-electron chi connectivity index (χ3n) is 6.37. The average molecular weight is 349 g/mol. The molecule has 2 aliphatic rings. The molecule has 4 rings (SSSR count). The molecule has 26 heavy (non-hydrogen) atoms. The third-order valence-corrected chi connectivity index (χ3v) is 6.37. The van der Waals surface area contributed by atoms with E-state index in [0.29, 0.717) is 12.5 Å². The van der Waals surface area contributed by atoms with Crippen molar-refractivity contribution in [2.45, 2.75) is 57.1 Å². The lowest BCUT2D eigenvalue weighted by molar-refractivity contribution is -0.0949.